The van der Waals surface area contributed by atoms with Gasteiger partial charge in [0.2, 0.25) is 5.91 Å². The van der Waals surface area contributed by atoms with Crippen molar-refractivity contribution in [3.63, 3.8) is 0 Å². The minimum Gasteiger partial charge on any atom is -0.481 e. The van der Waals surface area contributed by atoms with E-state index in [0.29, 0.717) is 25.8 Å². The van der Waals surface area contributed by atoms with Gasteiger partial charge in [0, 0.05) is 13.1 Å². The Kier molecular flexibility index (Phi) is 3.43. The molecule has 0 bridgehead atoms. The minimum atomic E-state index is -0.848. The normalized spacial score (nSPS) is 23.7. The van der Waals surface area contributed by atoms with Crippen LogP contribution in [0.2, 0.25) is 0 Å². The number of carboxylic acid groups (broad SMARTS) is 1. The first kappa shape index (κ1) is 14.0. The summed E-state index contributed by atoms with van der Waals surface area (Å²) in [4.78, 5) is 25.5. The minimum absolute atomic E-state index is 0.0388. The summed E-state index contributed by atoms with van der Waals surface area (Å²) >= 11 is 0. The van der Waals surface area contributed by atoms with E-state index in [9.17, 15) is 14.0 Å². The van der Waals surface area contributed by atoms with E-state index in [0.717, 1.165) is 12.0 Å². The maximum atomic E-state index is 13.5. The molecular weight excluding hydrogens is 273 g/mol. The van der Waals surface area contributed by atoms with Gasteiger partial charge in [-0.1, -0.05) is 18.6 Å². The van der Waals surface area contributed by atoms with Crippen molar-refractivity contribution >= 4 is 11.9 Å². The molecule has 2 fully saturated rings. The number of aliphatic carboxylic acids is 1. The first-order chi connectivity index (χ1) is 10.0. The molecule has 21 heavy (non-hydrogen) atoms. The summed E-state index contributed by atoms with van der Waals surface area (Å²) in [7, 11) is 0. The molecule has 3 rings (SSSR count). The van der Waals surface area contributed by atoms with E-state index in [4.69, 9.17) is 5.11 Å². The molecule has 2 aliphatic rings. The lowest BCUT2D eigenvalue weighted by molar-refractivity contribution is -0.142. The number of carbonyl (C=O) groups is 2. The zero-order valence-electron chi connectivity index (χ0n) is 11.7. The quantitative estimate of drug-likeness (QED) is 0.928. The van der Waals surface area contributed by atoms with Crippen LogP contribution in [0, 0.1) is 11.7 Å². The summed E-state index contributed by atoms with van der Waals surface area (Å²) in [6.07, 6.45) is 2.87. The van der Waals surface area contributed by atoms with Crippen molar-refractivity contribution in [3.05, 3.63) is 35.6 Å². The summed E-state index contributed by atoms with van der Waals surface area (Å²) in [5, 5.41) is 9.05. The summed E-state index contributed by atoms with van der Waals surface area (Å²) in [6.45, 7) is 0.748. The largest absolute Gasteiger partial charge is 0.481 e. The lowest BCUT2D eigenvalue weighted by Crippen LogP contribution is -2.50. The lowest BCUT2D eigenvalue weighted by atomic mass is 9.63. The van der Waals surface area contributed by atoms with Gasteiger partial charge >= 0.3 is 5.97 Å². The molecule has 1 aliphatic carbocycles. The standard InChI is InChI=1S/C16H18FNO3/c17-13-4-1-3-12(9-13)16(6-2-7-16)15(21)18-8-5-11(10-18)14(19)20/h1,3-4,9,11H,2,5-8,10H2,(H,19,20). The number of nitrogens with zero attached hydrogens (tertiary/aromatic N) is 1. The molecule has 1 saturated heterocycles. The van der Waals surface area contributed by atoms with Gasteiger partial charge in [-0.25, -0.2) is 4.39 Å². The van der Waals surface area contributed by atoms with Gasteiger partial charge in [0.25, 0.3) is 0 Å². The Bertz CT molecular complexity index is 583. The molecule has 1 aromatic rings. The van der Waals surface area contributed by atoms with Crippen LogP contribution in [0.3, 0.4) is 0 Å². The third-order valence-electron chi connectivity index (χ3n) is 4.82. The predicted molar refractivity (Wildman–Crippen MR) is 74.3 cm³/mol. The predicted octanol–water partition coefficient (Wildman–Crippen LogP) is 2.18. The van der Waals surface area contributed by atoms with Gasteiger partial charge < -0.3 is 10.0 Å². The molecule has 0 aromatic heterocycles. The van der Waals surface area contributed by atoms with Crippen LogP contribution in [0.25, 0.3) is 0 Å². The summed E-state index contributed by atoms with van der Waals surface area (Å²) in [6, 6.07) is 6.23. The van der Waals surface area contributed by atoms with Crippen molar-refractivity contribution in [1.82, 2.24) is 4.90 Å². The molecular formula is C16H18FNO3. The number of carboxylic acids is 1. The highest BCUT2D eigenvalue weighted by molar-refractivity contribution is 5.90. The van der Waals surface area contributed by atoms with E-state index in [-0.39, 0.29) is 18.3 Å². The van der Waals surface area contributed by atoms with Crippen molar-refractivity contribution in [2.45, 2.75) is 31.1 Å². The fourth-order valence-corrected chi connectivity index (χ4v) is 3.39. The molecule has 1 amide bonds. The van der Waals surface area contributed by atoms with E-state index in [1.807, 2.05) is 0 Å². The van der Waals surface area contributed by atoms with Gasteiger partial charge in [-0.2, -0.15) is 0 Å². The molecule has 1 N–H and O–H groups in total. The Morgan fingerprint density at radius 3 is 2.62 bits per heavy atom. The fourth-order valence-electron chi connectivity index (χ4n) is 3.39. The maximum absolute atomic E-state index is 13.5. The van der Waals surface area contributed by atoms with E-state index in [2.05, 4.69) is 0 Å². The molecule has 1 heterocycles. The summed E-state index contributed by atoms with van der Waals surface area (Å²) < 4.78 is 13.5. The zero-order chi connectivity index (χ0) is 15.0. The average molecular weight is 291 g/mol. The molecule has 1 aromatic carbocycles. The Labute approximate surface area is 122 Å². The first-order valence-corrected chi connectivity index (χ1v) is 7.31. The van der Waals surface area contributed by atoms with E-state index < -0.39 is 17.3 Å². The van der Waals surface area contributed by atoms with Crippen molar-refractivity contribution in [2.24, 2.45) is 5.92 Å². The third-order valence-corrected chi connectivity index (χ3v) is 4.82. The van der Waals surface area contributed by atoms with Gasteiger partial charge in [0.15, 0.2) is 0 Å². The Hall–Kier alpha value is -1.91. The van der Waals surface area contributed by atoms with Crippen LogP contribution < -0.4 is 0 Å². The van der Waals surface area contributed by atoms with Gasteiger partial charge in [-0.3, -0.25) is 9.59 Å². The monoisotopic (exact) mass is 291 g/mol. The number of rotatable bonds is 3. The van der Waals surface area contributed by atoms with Crippen LogP contribution in [0.15, 0.2) is 24.3 Å². The van der Waals surface area contributed by atoms with Gasteiger partial charge in [0.1, 0.15) is 5.82 Å². The van der Waals surface area contributed by atoms with Crippen LogP contribution in [-0.4, -0.2) is 35.0 Å². The third kappa shape index (κ3) is 2.30. The number of hydrogen-bond donors (Lipinski definition) is 1. The Balaban J connectivity index is 1.83. The van der Waals surface area contributed by atoms with Gasteiger partial charge in [0.05, 0.1) is 11.3 Å². The van der Waals surface area contributed by atoms with Crippen molar-refractivity contribution in [2.75, 3.05) is 13.1 Å². The van der Waals surface area contributed by atoms with Crippen LogP contribution in [0.5, 0.6) is 0 Å². The lowest BCUT2D eigenvalue weighted by Gasteiger charge is -2.43. The molecule has 1 saturated carbocycles. The second-order valence-electron chi connectivity index (χ2n) is 6.02. The molecule has 0 radical (unpaired) electrons. The molecule has 4 nitrogen and oxygen atoms in total. The molecule has 1 unspecified atom stereocenters. The molecule has 1 aliphatic heterocycles. The fraction of sp³-hybridized carbons (Fsp3) is 0.500. The van der Waals surface area contributed by atoms with Crippen molar-refractivity contribution < 1.29 is 19.1 Å². The summed E-state index contributed by atoms with van der Waals surface area (Å²) in [5.74, 6) is -1.70. The number of hydrogen-bond acceptors (Lipinski definition) is 2. The van der Waals surface area contributed by atoms with Crippen LogP contribution in [0.1, 0.15) is 31.2 Å². The highest BCUT2D eigenvalue weighted by Gasteiger charge is 2.49. The SMILES string of the molecule is O=C(O)C1CCN(C(=O)C2(c3cccc(F)c3)CCC2)C1. The smallest absolute Gasteiger partial charge is 0.308 e. The second-order valence-corrected chi connectivity index (χ2v) is 6.02. The van der Waals surface area contributed by atoms with E-state index in [1.54, 1.807) is 17.0 Å². The second kappa shape index (κ2) is 5.13. The summed E-state index contributed by atoms with van der Waals surface area (Å²) in [5.41, 5.74) is 0.0766. The Morgan fingerprint density at radius 1 is 1.33 bits per heavy atom. The maximum Gasteiger partial charge on any atom is 0.308 e. The van der Waals surface area contributed by atoms with Crippen LogP contribution in [-0.2, 0) is 15.0 Å². The average Bonchev–Trinajstić information content (AvgIpc) is 2.87. The number of likely N-dealkylation sites (tertiary alicyclic amines) is 1. The van der Waals surface area contributed by atoms with Crippen LogP contribution in [0.4, 0.5) is 4.39 Å². The number of benzene rings is 1. The zero-order valence-corrected chi connectivity index (χ0v) is 11.7. The molecule has 5 heteroatoms. The molecule has 1 atom stereocenters. The van der Waals surface area contributed by atoms with Gasteiger partial charge in [-0.15, -0.1) is 0 Å². The van der Waals surface area contributed by atoms with E-state index >= 15 is 0 Å². The highest BCUT2D eigenvalue weighted by Crippen LogP contribution is 2.46. The first-order valence-electron chi connectivity index (χ1n) is 7.31. The molecule has 112 valence electrons. The van der Waals surface area contributed by atoms with Crippen molar-refractivity contribution in [1.29, 1.82) is 0 Å². The van der Waals surface area contributed by atoms with E-state index in [1.165, 1.54) is 12.1 Å². The number of halogens is 1. The topological polar surface area (TPSA) is 57.6 Å². The number of amides is 1. The highest BCUT2D eigenvalue weighted by atomic mass is 19.1. The number of carbonyl (C=O) groups excluding carboxylic acids is 1. The molecule has 0 spiro atoms. The van der Waals surface area contributed by atoms with Crippen LogP contribution >= 0.6 is 0 Å². The Morgan fingerprint density at radius 2 is 2.10 bits per heavy atom. The van der Waals surface area contributed by atoms with Gasteiger partial charge in [-0.05, 0) is 37.0 Å². The van der Waals surface area contributed by atoms with Crippen molar-refractivity contribution in [3.8, 4) is 0 Å².